The number of amides is 2. The lowest BCUT2D eigenvalue weighted by molar-refractivity contribution is -0.150. The first kappa shape index (κ1) is 39.8. The van der Waals surface area contributed by atoms with Gasteiger partial charge in [-0.25, -0.2) is 19.4 Å². The van der Waals surface area contributed by atoms with Gasteiger partial charge in [0.15, 0.2) is 22.3 Å². The number of rotatable bonds is 15. The Morgan fingerprint density at radius 1 is 1.09 bits per heavy atom. The molecule has 2 aliphatic rings. The number of aromatic nitrogens is 2. The highest BCUT2D eigenvalue weighted by molar-refractivity contribution is 8.02. The normalized spacial score (nSPS) is 17.2. The summed E-state index contributed by atoms with van der Waals surface area (Å²) in [5, 5.41) is 45.7. The Morgan fingerprint density at radius 3 is 2.41 bits per heavy atom. The number of hydrogen-bond donors (Lipinski definition) is 6. The molecule has 2 aliphatic heterocycles. The van der Waals surface area contributed by atoms with Crippen molar-refractivity contribution in [3.63, 3.8) is 0 Å². The van der Waals surface area contributed by atoms with E-state index < -0.39 is 75.7 Å². The number of nitrogens with two attached hydrogens (primary N) is 1. The van der Waals surface area contributed by atoms with Gasteiger partial charge in [0.1, 0.15) is 28.4 Å². The third-order valence-electron chi connectivity index (χ3n) is 6.86. The van der Waals surface area contributed by atoms with Crippen LogP contribution >= 0.6 is 58.2 Å². The van der Waals surface area contributed by atoms with Gasteiger partial charge < -0.3 is 45.8 Å². The average molecular weight is 841 g/mol. The van der Waals surface area contributed by atoms with Crippen LogP contribution in [-0.2, 0) is 33.6 Å². The minimum atomic E-state index is -1.82. The Balaban J connectivity index is 1.33. The summed E-state index contributed by atoms with van der Waals surface area (Å²) in [5.74, 6) is -8.63. The van der Waals surface area contributed by atoms with E-state index in [4.69, 9.17) is 20.0 Å². The molecular weight excluding hydrogens is 817 g/mol. The zero-order valence-electron chi connectivity index (χ0n) is 27.2. The van der Waals surface area contributed by atoms with Crippen molar-refractivity contribution in [2.24, 2.45) is 5.16 Å². The van der Waals surface area contributed by atoms with Crippen molar-refractivity contribution in [1.82, 2.24) is 19.6 Å². The summed E-state index contributed by atoms with van der Waals surface area (Å²) in [6.07, 6.45) is 0. The number of esters is 2. The number of aromatic carboxylic acids is 1. The van der Waals surface area contributed by atoms with Crippen LogP contribution in [0.15, 0.2) is 49.1 Å². The standard InChI is InChI=1S/C29H24N6O14S5/c1-9(36)47-14-4-3-12(5-15(14)48-10(2)37)53-27(26(45)46)49-33-17(13-8-52-29(30)31-13)21(39)32-18-22(40)35-19(25(43)44)11(6-50-23(18)35)7-51-28-16(24(41)42)20(38)34-54-28/h3-5,8,18,23,27H,6-7H2,1-2H3,(H2,30,31)(H,32,39)(H,34,38)(H,41,42)(H,43,44)(H,45,46)/b33-17-/t18-,23+,27?/m1/s1. The minimum Gasteiger partial charge on any atom is -0.492 e. The third-order valence-corrected chi connectivity index (χ3v) is 12.1. The lowest BCUT2D eigenvalue weighted by atomic mass is 10.0. The number of carboxylic acids is 3. The molecule has 25 heteroatoms. The Labute approximate surface area is 322 Å². The number of hydrogen-bond acceptors (Lipinski definition) is 20. The van der Waals surface area contributed by atoms with Crippen LogP contribution in [-0.4, -0.2) is 110 Å². The molecule has 0 aliphatic carbocycles. The molecule has 2 aromatic heterocycles. The maximum atomic E-state index is 13.6. The lowest BCUT2D eigenvalue weighted by Crippen LogP contribution is -2.71. The second-order valence-corrected chi connectivity index (χ2v) is 15.7. The van der Waals surface area contributed by atoms with Crippen molar-refractivity contribution in [3.05, 3.63) is 46.1 Å². The van der Waals surface area contributed by atoms with E-state index >= 15 is 0 Å². The molecule has 1 fully saturated rings. The van der Waals surface area contributed by atoms with Gasteiger partial charge >= 0.3 is 29.8 Å². The fourth-order valence-corrected chi connectivity index (χ4v) is 9.36. The molecule has 0 radical (unpaired) electrons. The SMILES string of the molecule is CC(=O)Oc1ccc(SC(O/N=C(\C(=O)N[C@@H]2C(=O)N3C(C(=O)O)=C(CSc4snc(O)c4C(=O)O)CS[C@@H]23)c2csc(N)n2)C(=O)O)cc1OC(C)=O. The van der Waals surface area contributed by atoms with E-state index in [1.165, 1.54) is 23.6 Å². The molecule has 0 saturated carbocycles. The number of carbonyl (C=O) groups excluding carboxylic acids is 4. The van der Waals surface area contributed by atoms with Crippen LogP contribution < -0.4 is 20.5 Å². The van der Waals surface area contributed by atoms with Gasteiger partial charge in [-0.1, -0.05) is 16.9 Å². The number of fused-ring (bicyclic) bond motifs is 1. The smallest absolute Gasteiger partial charge is 0.358 e. The second-order valence-electron chi connectivity index (χ2n) is 10.6. The summed E-state index contributed by atoms with van der Waals surface area (Å²) in [4.78, 5) is 96.4. The summed E-state index contributed by atoms with van der Waals surface area (Å²) < 4.78 is 13.8. The van der Waals surface area contributed by atoms with Gasteiger partial charge in [-0.15, -0.1) is 34.9 Å². The number of β-lactam (4-membered cyclic amide) rings is 1. The molecule has 3 atom stereocenters. The summed E-state index contributed by atoms with van der Waals surface area (Å²) in [6.45, 7) is 2.23. The molecule has 284 valence electrons. The van der Waals surface area contributed by atoms with Crippen molar-refractivity contribution in [1.29, 1.82) is 0 Å². The van der Waals surface area contributed by atoms with Gasteiger partial charge in [0.25, 0.3) is 17.3 Å². The highest BCUT2D eigenvalue weighted by atomic mass is 32.2. The van der Waals surface area contributed by atoms with E-state index in [0.717, 1.165) is 65.1 Å². The van der Waals surface area contributed by atoms with Crippen LogP contribution in [0.3, 0.4) is 0 Å². The van der Waals surface area contributed by atoms with Crippen LogP contribution in [0.1, 0.15) is 29.9 Å². The second kappa shape index (κ2) is 16.8. The largest absolute Gasteiger partial charge is 0.492 e. The van der Waals surface area contributed by atoms with Crippen LogP contribution in [0.2, 0.25) is 0 Å². The molecule has 54 heavy (non-hydrogen) atoms. The number of nitrogen functional groups attached to an aromatic ring is 1. The lowest BCUT2D eigenvalue weighted by Gasteiger charge is -2.49. The number of aromatic hydroxyl groups is 1. The number of thioether (sulfide) groups is 3. The van der Waals surface area contributed by atoms with Gasteiger partial charge in [0.2, 0.25) is 5.88 Å². The van der Waals surface area contributed by atoms with Crippen LogP contribution in [0.4, 0.5) is 5.13 Å². The first-order valence-corrected chi connectivity index (χ1v) is 19.2. The summed E-state index contributed by atoms with van der Waals surface area (Å²) in [6, 6.07) is 2.58. The van der Waals surface area contributed by atoms with E-state index in [1.54, 1.807) is 0 Å². The maximum Gasteiger partial charge on any atom is 0.358 e. The van der Waals surface area contributed by atoms with E-state index in [1.807, 2.05) is 0 Å². The quantitative estimate of drug-likeness (QED) is 0.0242. The van der Waals surface area contributed by atoms with Gasteiger partial charge in [0.05, 0.1) is 4.21 Å². The number of carbonyl (C=O) groups is 7. The molecule has 0 spiro atoms. The molecule has 0 bridgehead atoms. The zero-order chi connectivity index (χ0) is 39.4. The predicted molar refractivity (Wildman–Crippen MR) is 192 cm³/mol. The third kappa shape index (κ3) is 8.87. The van der Waals surface area contributed by atoms with Gasteiger partial charge in [0, 0.05) is 35.6 Å². The van der Waals surface area contributed by atoms with Gasteiger partial charge in [-0.3, -0.25) is 24.1 Å². The Kier molecular flexibility index (Phi) is 12.4. The summed E-state index contributed by atoms with van der Waals surface area (Å²) in [7, 11) is 0. The minimum absolute atomic E-state index is 0.0138. The molecular formula is C29H24N6O14S5. The number of carboxylic acid groups (broad SMARTS) is 3. The highest BCUT2D eigenvalue weighted by Crippen LogP contribution is 2.43. The van der Waals surface area contributed by atoms with Crippen molar-refractivity contribution in [2.45, 2.75) is 39.8 Å². The molecule has 4 heterocycles. The van der Waals surface area contributed by atoms with Gasteiger partial charge in [-0.2, -0.15) is 4.37 Å². The highest BCUT2D eigenvalue weighted by Gasteiger charge is 2.54. The zero-order valence-corrected chi connectivity index (χ0v) is 31.3. The first-order valence-electron chi connectivity index (χ1n) is 14.7. The van der Waals surface area contributed by atoms with Crippen LogP contribution in [0.5, 0.6) is 17.4 Å². The number of thiazole rings is 1. The van der Waals surface area contributed by atoms with Crippen molar-refractivity contribution < 1.29 is 68.3 Å². The van der Waals surface area contributed by atoms with Crippen LogP contribution in [0.25, 0.3) is 0 Å². The Bertz CT molecular complexity index is 2130. The molecule has 1 saturated heterocycles. The fourth-order valence-electron chi connectivity index (χ4n) is 4.68. The van der Waals surface area contributed by atoms with Crippen LogP contribution in [0, 0.1) is 0 Å². The number of nitrogens with one attached hydrogen (secondary N) is 1. The number of nitrogens with zero attached hydrogens (tertiary/aromatic N) is 4. The van der Waals surface area contributed by atoms with E-state index in [9.17, 15) is 54.0 Å². The molecule has 1 unspecified atom stereocenters. The summed E-state index contributed by atoms with van der Waals surface area (Å²) >= 11 is 4.26. The molecule has 1 aromatic carbocycles. The first-order chi connectivity index (χ1) is 25.5. The molecule has 7 N–H and O–H groups in total. The number of ether oxygens (including phenoxy) is 2. The van der Waals surface area contributed by atoms with Crippen molar-refractivity contribution in [3.8, 4) is 17.4 Å². The van der Waals surface area contributed by atoms with E-state index in [-0.39, 0.29) is 54.2 Å². The molecule has 5 rings (SSSR count). The van der Waals surface area contributed by atoms with E-state index in [2.05, 4.69) is 19.8 Å². The Hall–Kier alpha value is -5.37. The van der Waals surface area contributed by atoms with Crippen molar-refractivity contribution in [2.75, 3.05) is 17.2 Å². The molecule has 3 aromatic rings. The predicted octanol–water partition coefficient (Wildman–Crippen LogP) is 1.89. The average Bonchev–Trinajstić information content (AvgIpc) is 3.70. The van der Waals surface area contributed by atoms with Gasteiger partial charge in [-0.05, 0) is 35.3 Å². The monoisotopic (exact) mass is 840 g/mol. The number of anilines is 1. The van der Waals surface area contributed by atoms with Crippen molar-refractivity contribution >= 4 is 111 Å². The van der Waals surface area contributed by atoms with E-state index in [0.29, 0.717) is 11.8 Å². The summed E-state index contributed by atoms with van der Waals surface area (Å²) in [5.41, 5.74) is 2.74. The molecule has 2 amide bonds. The Morgan fingerprint density at radius 2 is 1.80 bits per heavy atom. The number of aliphatic carboxylic acids is 2. The number of benzene rings is 1. The fraction of sp³-hybridized carbons (Fsp3) is 0.241. The molecule has 20 nitrogen and oxygen atoms in total. The number of oxime groups is 1. The topological polar surface area (TPSA) is 308 Å². The maximum absolute atomic E-state index is 13.6.